The second kappa shape index (κ2) is 9.37. The molecule has 1 heterocycles. The van der Waals surface area contributed by atoms with Crippen LogP contribution in [0.5, 0.6) is 11.5 Å². The van der Waals surface area contributed by atoms with Crippen LogP contribution >= 0.6 is 11.3 Å². The van der Waals surface area contributed by atoms with Gasteiger partial charge in [0.05, 0.1) is 23.0 Å². The highest BCUT2D eigenvalue weighted by molar-refractivity contribution is 7.22. The van der Waals surface area contributed by atoms with Crippen molar-refractivity contribution in [1.29, 1.82) is 0 Å². The standard InChI is InChI=1S/C23H20FN3O2S/c1-2-28-21-13-16(11-12-20(21)29-15-17-7-3-4-8-18(17)24)14-25-27-23-26-19-9-5-6-10-22(19)30-23/h3-14H,2,15H2,1H3,(H,26,27)/b25-14+. The van der Waals surface area contributed by atoms with Gasteiger partial charge in [-0.1, -0.05) is 41.7 Å². The third-order valence-electron chi connectivity index (χ3n) is 4.28. The first-order chi connectivity index (χ1) is 14.7. The molecule has 0 amide bonds. The van der Waals surface area contributed by atoms with E-state index in [1.165, 1.54) is 6.07 Å². The minimum atomic E-state index is -0.292. The Bertz CT molecular complexity index is 1140. The van der Waals surface area contributed by atoms with E-state index in [1.54, 1.807) is 41.8 Å². The van der Waals surface area contributed by atoms with Crippen molar-refractivity contribution in [3.63, 3.8) is 0 Å². The summed E-state index contributed by atoms with van der Waals surface area (Å²) in [5.74, 6) is 0.842. The quantitative estimate of drug-likeness (QED) is 0.286. The van der Waals surface area contributed by atoms with E-state index in [1.807, 2.05) is 43.3 Å². The van der Waals surface area contributed by atoms with Gasteiger partial charge in [-0.3, -0.25) is 5.43 Å². The lowest BCUT2D eigenvalue weighted by atomic mass is 10.2. The van der Waals surface area contributed by atoms with Crippen LogP contribution in [0.1, 0.15) is 18.1 Å². The van der Waals surface area contributed by atoms with Crippen LogP contribution in [0, 0.1) is 5.82 Å². The summed E-state index contributed by atoms with van der Waals surface area (Å²) in [5.41, 5.74) is 5.23. The number of aromatic nitrogens is 1. The molecule has 0 bridgehead atoms. The van der Waals surface area contributed by atoms with Crippen molar-refractivity contribution in [1.82, 2.24) is 4.98 Å². The Morgan fingerprint density at radius 2 is 1.87 bits per heavy atom. The first kappa shape index (κ1) is 19.8. The highest BCUT2D eigenvalue weighted by Gasteiger charge is 2.08. The van der Waals surface area contributed by atoms with Crippen LogP contribution in [0.25, 0.3) is 10.2 Å². The molecule has 0 radical (unpaired) electrons. The number of hydrogen-bond acceptors (Lipinski definition) is 6. The van der Waals surface area contributed by atoms with E-state index in [0.29, 0.717) is 23.7 Å². The normalized spacial score (nSPS) is 11.1. The summed E-state index contributed by atoms with van der Waals surface area (Å²) in [6, 6.07) is 20.0. The van der Waals surface area contributed by atoms with Gasteiger partial charge in [0.25, 0.3) is 0 Å². The predicted molar refractivity (Wildman–Crippen MR) is 119 cm³/mol. The Morgan fingerprint density at radius 3 is 2.70 bits per heavy atom. The number of rotatable bonds is 8. The Morgan fingerprint density at radius 1 is 1.03 bits per heavy atom. The van der Waals surface area contributed by atoms with E-state index in [2.05, 4.69) is 15.5 Å². The molecule has 30 heavy (non-hydrogen) atoms. The van der Waals surface area contributed by atoms with Crippen molar-refractivity contribution < 1.29 is 13.9 Å². The van der Waals surface area contributed by atoms with Crippen molar-refractivity contribution in [3.05, 3.63) is 83.7 Å². The van der Waals surface area contributed by atoms with Gasteiger partial charge in [-0.15, -0.1) is 0 Å². The van der Waals surface area contributed by atoms with E-state index in [-0.39, 0.29) is 12.4 Å². The lowest BCUT2D eigenvalue weighted by Gasteiger charge is -2.13. The van der Waals surface area contributed by atoms with Crippen LogP contribution in [0.3, 0.4) is 0 Å². The van der Waals surface area contributed by atoms with Crippen molar-refractivity contribution >= 4 is 32.9 Å². The molecule has 7 heteroatoms. The number of hydrogen-bond donors (Lipinski definition) is 1. The highest BCUT2D eigenvalue weighted by Crippen LogP contribution is 2.29. The third kappa shape index (κ3) is 4.75. The average molecular weight is 421 g/mol. The number of nitrogens with one attached hydrogen (secondary N) is 1. The third-order valence-corrected chi connectivity index (χ3v) is 5.22. The van der Waals surface area contributed by atoms with Gasteiger partial charge in [0.15, 0.2) is 11.5 Å². The molecule has 4 rings (SSSR count). The van der Waals surface area contributed by atoms with E-state index >= 15 is 0 Å². The van der Waals surface area contributed by atoms with Gasteiger partial charge in [-0.05, 0) is 48.9 Å². The first-order valence-corrected chi connectivity index (χ1v) is 10.3. The lowest BCUT2D eigenvalue weighted by Crippen LogP contribution is -2.02. The topological polar surface area (TPSA) is 55.7 Å². The number of nitrogens with zero attached hydrogens (tertiary/aromatic N) is 2. The number of halogens is 1. The largest absolute Gasteiger partial charge is 0.490 e. The Kier molecular flexibility index (Phi) is 6.20. The fourth-order valence-corrected chi connectivity index (χ4v) is 3.66. The molecule has 0 unspecified atom stereocenters. The number of hydrazone groups is 1. The molecule has 0 fully saturated rings. The molecule has 0 atom stereocenters. The van der Waals surface area contributed by atoms with Crippen LogP contribution < -0.4 is 14.9 Å². The monoisotopic (exact) mass is 421 g/mol. The average Bonchev–Trinajstić information content (AvgIpc) is 3.17. The number of anilines is 1. The van der Waals surface area contributed by atoms with Crippen LogP contribution in [0.4, 0.5) is 9.52 Å². The summed E-state index contributed by atoms with van der Waals surface area (Å²) in [6.07, 6.45) is 1.69. The Hall–Kier alpha value is -3.45. The maximum Gasteiger partial charge on any atom is 0.204 e. The number of benzene rings is 3. The molecular weight excluding hydrogens is 401 g/mol. The maximum absolute atomic E-state index is 13.8. The zero-order valence-corrected chi connectivity index (χ0v) is 17.2. The molecule has 4 aromatic rings. The predicted octanol–water partition coefficient (Wildman–Crippen LogP) is 5.86. The fraction of sp³-hybridized carbons (Fsp3) is 0.130. The van der Waals surface area contributed by atoms with Gasteiger partial charge < -0.3 is 9.47 Å². The molecule has 0 saturated carbocycles. The fourth-order valence-electron chi connectivity index (χ4n) is 2.85. The Balaban J connectivity index is 1.45. The van der Waals surface area contributed by atoms with Crippen LogP contribution in [0.15, 0.2) is 71.8 Å². The van der Waals surface area contributed by atoms with Crippen molar-refractivity contribution in [2.24, 2.45) is 5.10 Å². The highest BCUT2D eigenvalue weighted by atomic mass is 32.1. The lowest BCUT2D eigenvalue weighted by molar-refractivity contribution is 0.266. The molecule has 0 aliphatic heterocycles. The van der Waals surface area contributed by atoms with Gasteiger partial charge >= 0.3 is 0 Å². The molecule has 0 aliphatic carbocycles. The molecule has 3 aromatic carbocycles. The summed E-state index contributed by atoms with van der Waals surface area (Å²) in [4.78, 5) is 4.48. The van der Waals surface area contributed by atoms with E-state index in [0.717, 1.165) is 20.9 Å². The van der Waals surface area contributed by atoms with Crippen molar-refractivity contribution in [2.75, 3.05) is 12.0 Å². The van der Waals surface area contributed by atoms with Crippen molar-refractivity contribution in [2.45, 2.75) is 13.5 Å². The number of ether oxygens (including phenoxy) is 2. The molecule has 0 spiro atoms. The SMILES string of the molecule is CCOc1cc(/C=N/Nc2nc3ccccc3s2)ccc1OCc1ccccc1F. The van der Waals surface area contributed by atoms with Crippen LogP contribution in [-0.4, -0.2) is 17.8 Å². The molecule has 1 N–H and O–H groups in total. The number of fused-ring (bicyclic) bond motifs is 1. The van der Waals surface area contributed by atoms with Crippen LogP contribution in [-0.2, 0) is 6.61 Å². The maximum atomic E-state index is 13.8. The summed E-state index contributed by atoms with van der Waals surface area (Å²) >= 11 is 1.54. The van der Waals surface area contributed by atoms with E-state index in [9.17, 15) is 4.39 Å². The summed E-state index contributed by atoms with van der Waals surface area (Å²) in [5, 5.41) is 4.99. The zero-order valence-electron chi connectivity index (χ0n) is 16.3. The number of para-hydroxylation sites is 1. The molecule has 1 aromatic heterocycles. The zero-order chi connectivity index (χ0) is 20.8. The molecule has 152 valence electrons. The smallest absolute Gasteiger partial charge is 0.204 e. The van der Waals surface area contributed by atoms with Crippen LogP contribution in [0.2, 0.25) is 0 Å². The molecule has 0 saturated heterocycles. The van der Waals surface area contributed by atoms with E-state index in [4.69, 9.17) is 9.47 Å². The second-order valence-corrected chi connectivity index (χ2v) is 7.41. The molecule has 0 aliphatic rings. The molecular formula is C23H20FN3O2S. The minimum Gasteiger partial charge on any atom is -0.490 e. The van der Waals surface area contributed by atoms with Gasteiger partial charge in [-0.2, -0.15) is 5.10 Å². The second-order valence-electron chi connectivity index (χ2n) is 6.38. The summed E-state index contributed by atoms with van der Waals surface area (Å²) in [7, 11) is 0. The summed E-state index contributed by atoms with van der Waals surface area (Å²) in [6.45, 7) is 2.51. The number of thiazole rings is 1. The van der Waals surface area contributed by atoms with E-state index < -0.39 is 0 Å². The Labute approximate surface area is 177 Å². The summed E-state index contributed by atoms with van der Waals surface area (Å²) < 4.78 is 26.4. The van der Waals surface area contributed by atoms with Crippen molar-refractivity contribution in [3.8, 4) is 11.5 Å². The van der Waals surface area contributed by atoms with Gasteiger partial charge in [0.1, 0.15) is 12.4 Å². The minimum absolute atomic E-state index is 0.124. The van der Waals surface area contributed by atoms with Gasteiger partial charge in [0, 0.05) is 5.56 Å². The van der Waals surface area contributed by atoms with Gasteiger partial charge in [-0.25, -0.2) is 9.37 Å². The first-order valence-electron chi connectivity index (χ1n) is 9.50. The van der Waals surface area contributed by atoms with Gasteiger partial charge in [0.2, 0.25) is 5.13 Å². The molecule has 5 nitrogen and oxygen atoms in total.